The summed E-state index contributed by atoms with van der Waals surface area (Å²) in [6.07, 6.45) is 1.84. The van der Waals surface area contributed by atoms with Gasteiger partial charge in [0.05, 0.1) is 4.34 Å². The highest BCUT2D eigenvalue weighted by atomic mass is 35.5. The van der Waals surface area contributed by atoms with Crippen molar-refractivity contribution < 1.29 is 5.11 Å². The zero-order valence-corrected chi connectivity index (χ0v) is 9.74. The van der Waals surface area contributed by atoms with Gasteiger partial charge in [0.1, 0.15) is 5.60 Å². The molecule has 0 aliphatic carbocycles. The number of β-amino-alcohol motifs (C(OH)–C–C–N with tert-alkyl or cyclic N) is 1. The zero-order valence-electron chi connectivity index (χ0n) is 8.16. The monoisotopic (exact) mass is 231 g/mol. The van der Waals surface area contributed by atoms with Gasteiger partial charge in [0.15, 0.2) is 0 Å². The highest BCUT2D eigenvalue weighted by Gasteiger charge is 2.35. The third-order valence-corrected chi connectivity index (χ3v) is 3.95. The van der Waals surface area contributed by atoms with Crippen molar-refractivity contribution in [2.24, 2.45) is 0 Å². The number of hydrogen-bond donors (Lipinski definition) is 1. The molecule has 0 radical (unpaired) electrons. The van der Waals surface area contributed by atoms with Crippen molar-refractivity contribution in [2.75, 3.05) is 20.1 Å². The topological polar surface area (TPSA) is 23.5 Å². The Bertz CT molecular complexity index is 328. The minimum Gasteiger partial charge on any atom is -0.384 e. The predicted octanol–water partition coefficient (Wildman–Crippen LogP) is 2.31. The first-order chi connectivity index (χ1) is 6.62. The van der Waals surface area contributed by atoms with Crippen LogP contribution in [0.1, 0.15) is 18.4 Å². The Morgan fingerprint density at radius 3 is 3.00 bits per heavy atom. The lowest BCUT2D eigenvalue weighted by Gasteiger charge is -2.37. The van der Waals surface area contributed by atoms with E-state index in [0.29, 0.717) is 6.54 Å². The molecule has 1 atom stereocenters. The molecule has 1 aromatic heterocycles. The minimum atomic E-state index is -0.732. The van der Waals surface area contributed by atoms with Crippen molar-refractivity contribution in [3.8, 4) is 0 Å². The average Bonchev–Trinajstić information content (AvgIpc) is 2.51. The molecule has 1 saturated heterocycles. The summed E-state index contributed by atoms with van der Waals surface area (Å²) >= 11 is 7.54. The van der Waals surface area contributed by atoms with E-state index in [9.17, 15) is 5.11 Å². The summed E-state index contributed by atoms with van der Waals surface area (Å²) in [7, 11) is 2.03. The van der Waals surface area contributed by atoms with Gasteiger partial charge in [-0.15, -0.1) is 11.3 Å². The Morgan fingerprint density at radius 1 is 1.64 bits per heavy atom. The summed E-state index contributed by atoms with van der Waals surface area (Å²) in [5.41, 5.74) is 0.167. The fourth-order valence-corrected chi connectivity index (χ4v) is 3.20. The third kappa shape index (κ3) is 1.82. The summed E-state index contributed by atoms with van der Waals surface area (Å²) in [5.74, 6) is 0. The number of thiophene rings is 1. The number of aliphatic hydroxyl groups is 1. The number of nitrogens with zero attached hydrogens (tertiary/aromatic N) is 1. The van der Waals surface area contributed by atoms with Gasteiger partial charge in [-0.2, -0.15) is 0 Å². The van der Waals surface area contributed by atoms with Crippen LogP contribution in [0.15, 0.2) is 11.4 Å². The highest BCUT2D eigenvalue weighted by molar-refractivity contribution is 7.14. The molecule has 1 aliphatic rings. The van der Waals surface area contributed by atoms with Crippen molar-refractivity contribution >= 4 is 22.9 Å². The van der Waals surface area contributed by atoms with Crippen LogP contribution in [0, 0.1) is 0 Å². The molecule has 0 spiro atoms. The fraction of sp³-hybridized carbons (Fsp3) is 0.600. The third-order valence-electron chi connectivity index (χ3n) is 2.78. The van der Waals surface area contributed by atoms with Gasteiger partial charge in [0, 0.05) is 12.1 Å². The van der Waals surface area contributed by atoms with Crippen LogP contribution in [0.2, 0.25) is 4.34 Å². The molecular formula is C10H14ClNOS. The molecule has 4 heteroatoms. The van der Waals surface area contributed by atoms with E-state index in [2.05, 4.69) is 4.90 Å². The van der Waals surface area contributed by atoms with Crippen LogP contribution in [-0.4, -0.2) is 30.1 Å². The summed E-state index contributed by atoms with van der Waals surface area (Å²) in [6, 6.07) is 1.94. The van der Waals surface area contributed by atoms with E-state index in [4.69, 9.17) is 11.6 Å². The number of hydrogen-bond acceptors (Lipinski definition) is 3. The van der Waals surface area contributed by atoms with Gasteiger partial charge in [-0.1, -0.05) is 11.6 Å². The fourth-order valence-electron chi connectivity index (χ4n) is 2.09. The second-order valence-corrected chi connectivity index (χ2v) is 5.50. The van der Waals surface area contributed by atoms with Gasteiger partial charge in [-0.3, -0.25) is 0 Å². The Hall–Kier alpha value is -0.0900. The SMILES string of the molecule is CN1CCCC(O)(c2ccsc2Cl)C1. The second-order valence-electron chi connectivity index (χ2n) is 3.98. The van der Waals surface area contributed by atoms with E-state index in [1.165, 1.54) is 11.3 Å². The van der Waals surface area contributed by atoms with Crippen LogP contribution in [0.5, 0.6) is 0 Å². The Kier molecular flexibility index (Phi) is 2.84. The molecule has 1 aliphatic heterocycles. The maximum Gasteiger partial charge on any atom is 0.105 e. The van der Waals surface area contributed by atoms with Gasteiger partial charge < -0.3 is 10.0 Å². The maximum absolute atomic E-state index is 10.5. The van der Waals surface area contributed by atoms with Crippen LogP contribution in [-0.2, 0) is 5.60 Å². The second kappa shape index (κ2) is 3.81. The molecule has 0 bridgehead atoms. The van der Waals surface area contributed by atoms with Gasteiger partial charge in [0.2, 0.25) is 0 Å². The highest BCUT2D eigenvalue weighted by Crippen LogP contribution is 2.37. The standard InChI is InChI=1S/C10H14ClNOS/c1-12-5-2-4-10(13,7-12)8-3-6-14-9(8)11/h3,6,13H,2,4-5,7H2,1H3. The number of likely N-dealkylation sites (tertiary alicyclic amines) is 1. The smallest absolute Gasteiger partial charge is 0.105 e. The van der Waals surface area contributed by atoms with E-state index < -0.39 is 5.60 Å². The Labute approximate surface area is 93.1 Å². The number of halogens is 1. The van der Waals surface area contributed by atoms with Crippen LogP contribution in [0.4, 0.5) is 0 Å². The predicted molar refractivity (Wildman–Crippen MR) is 60.0 cm³/mol. The lowest BCUT2D eigenvalue weighted by molar-refractivity contribution is -0.0273. The largest absolute Gasteiger partial charge is 0.384 e. The van der Waals surface area contributed by atoms with Gasteiger partial charge >= 0.3 is 0 Å². The van der Waals surface area contributed by atoms with Crippen LogP contribution in [0.3, 0.4) is 0 Å². The molecule has 0 saturated carbocycles. The molecule has 1 fully saturated rings. The van der Waals surface area contributed by atoms with Crippen LogP contribution >= 0.6 is 22.9 Å². The average molecular weight is 232 g/mol. The molecule has 1 aromatic rings. The maximum atomic E-state index is 10.5. The lowest BCUT2D eigenvalue weighted by Crippen LogP contribution is -2.44. The van der Waals surface area contributed by atoms with Crippen molar-refractivity contribution in [1.82, 2.24) is 4.90 Å². The molecular weight excluding hydrogens is 218 g/mol. The summed E-state index contributed by atoms with van der Waals surface area (Å²) in [4.78, 5) is 2.15. The van der Waals surface area contributed by atoms with Crippen LogP contribution in [0.25, 0.3) is 0 Å². The van der Waals surface area contributed by atoms with Gasteiger partial charge in [-0.25, -0.2) is 0 Å². The van der Waals surface area contributed by atoms with Crippen LogP contribution < -0.4 is 0 Å². The van der Waals surface area contributed by atoms with Crippen molar-refractivity contribution in [2.45, 2.75) is 18.4 Å². The molecule has 2 heterocycles. The number of likely N-dealkylation sites (N-methyl/N-ethyl adjacent to an activating group) is 1. The summed E-state index contributed by atoms with van der Waals surface area (Å²) < 4.78 is 0.725. The van der Waals surface area contributed by atoms with E-state index >= 15 is 0 Å². The van der Waals surface area contributed by atoms with Gasteiger partial charge in [0.25, 0.3) is 0 Å². The minimum absolute atomic E-state index is 0.684. The summed E-state index contributed by atoms with van der Waals surface area (Å²) in [5, 5.41) is 12.4. The zero-order chi connectivity index (χ0) is 10.2. The van der Waals surface area contributed by atoms with Crippen molar-refractivity contribution in [3.63, 3.8) is 0 Å². The summed E-state index contributed by atoms with van der Waals surface area (Å²) in [6.45, 7) is 1.74. The number of rotatable bonds is 1. The first-order valence-corrected chi connectivity index (χ1v) is 6.02. The Balaban J connectivity index is 2.27. The quantitative estimate of drug-likeness (QED) is 0.802. The van der Waals surface area contributed by atoms with E-state index in [0.717, 1.165) is 29.3 Å². The van der Waals surface area contributed by atoms with E-state index in [-0.39, 0.29) is 0 Å². The molecule has 14 heavy (non-hydrogen) atoms. The molecule has 0 aromatic carbocycles. The molecule has 2 rings (SSSR count). The van der Waals surface area contributed by atoms with Gasteiger partial charge in [-0.05, 0) is 37.9 Å². The normalized spacial score (nSPS) is 29.4. The molecule has 2 nitrogen and oxygen atoms in total. The van der Waals surface area contributed by atoms with Crippen molar-refractivity contribution in [1.29, 1.82) is 0 Å². The first-order valence-electron chi connectivity index (χ1n) is 4.76. The Morgan fingerprint density at radius 2 is 2.43 bits per heavy atom. The first kappa shape index (κ1) is 10.4. The number of piperidine rings is 1. The van der Waals surface area contributed by atoms with Crippen molar-refractivity contribution in [3.05, 3.63) is 21.3 Å². The molecule has 78 valence electrons. The molecule has 0 amide bonds. The lowest BCUT2D eigenvalue weighted by atomic mass is 9.88. The molecule has 1 N–H and O–H groups in total. The van der Waals surface area contributed by atoms with E-state index in [1.54, 1.807) is 0 Å². The van der Waals surface area contributed by atoms with E-state index in [1.807, 2.05) is 18.5 Å². The molecule has 1 unspecified atom stereocenters.